The van der Waals surface area contributed by atoms with Crippen molar-refractivity contribution in [1.82, 2.24) is 5.32 Å². The first-order valence-electron chi connectivity index (χ1n) is 6.52. The SMILES string of the molecule is CC(=O)NC1CCN(c2cc(N)cc([N+](=O)[O-])c2)CC1. The molecule has 20 heavy (non-hydrogen) atoms. The van der Waals surface area contributed by atoms with Crippen LogP contribution >= 0.6 is 0 Å². The molecule has 0 atom stereocenters. The number of carbonyl (C=O) groups is 1. The molecule has 1 aliphatic heterocycles. The van der Waals surface area contributed by atoms with Gasteiger partial charge in [0.15, 0.2) is 0 Å². The third-order valence-corrected chi connectivity index (χ3v) is 3.40. The Bertz CT molecular complexity index is 524. The molecule has 1 aromatic rings. The molecular weight excluding hydrogens is 260 g/mol. The van der Waals surface area contributed by atoms with Crippen LogP contribution in [0.4, 0.5) is 17.1 Å². The average Bonchev–Trinajstić information content (AvgIpc) is 2.38. The summed E-state index contributed by atoms with van der Waals surface area (Å²) in [6.45, 7) is 2.99. The average molecular weight is 278 g/mol. The molecule has 1 aliphatic rings. The number of nitrogen functional groups attached to an aromatic ring is 1. The van der Waals surface area contributed by atoms with Gasteiger partial charge in [0.2, 0.25) is 5.91 Å². The van der Waals surface area contributed by atoms with Crippen LogP contribution in [0.1, 0.15) is 19.8 Å². The minimum Gasteiger partial charge on any atom is -0.398 e. The molecule has 1 heterocycles. The zero-order valence-electron chi connectivity index (χ0n) is 11.3. The van der Waals surface area contributed by atoms with E-state index in [0.29, 0.717) is 5.69 Å². The maximum absolute atomic E-state index is 11.0. The topological polar surface area (TPSA) is 102 Å². The van der Waals surface area contributed by atoms with Crippen LogP contribution in [0.2, 0.25) is 0 Å². The molecule has 0 aliphatic carbocycles. The van der Waals surface area contributed by atoms with Crippen molar-refractivity contribution in [2.75, 3.05) is 23.7 Å². The van der Waals surface area contributed by atoms with Gasteiger partial charge in [-0.3, -0.25) is 14.9 Å². The molecule has 7 heteroatoms. The van der Waals surface area contributed by atoms with Gasteiger partial charge in [0.05, 0.1) is 4.92 Å². The maximum Gasteiger partial charge on any atom is 0.273 e. The van der Waals surface area contributed by atoms with E-state index in [4.69, 9.17) is 5.73 Å². The molecule has 0 unspecified atom stereocenters. The van der Waals surface area contributed by atoms with Crippen molar-refractivity contribution in [2.45, 2.75) is 25.8 Å². The lowest BCUT2D eigenvalue weighted by molar-refractivity contribution is -0.384. The number of amides is 1. The van der Waals surface area contributed by atoms with Gasteiger partial charge in [0.1, 0.15) is 0 Å². The zero-order valence-corrected chi connectivity index (χ0v) is 11.3. The van der Waals surface area contributed by atoms with Crippen molar-refractivity contribution in [1.29, 1.82) is 0 Å². The van der Waals surface area contributed by atoms with Gasteiger partial charge in [0.25, 0.3) is 5.69 Å². The van der Waals surface area contributed by atoms with Gasteiger partial charge in [-0.05, 0) is 18.9 Å². The van der Waals surface area contributed by atoms with E-state index in [1.54, 1.807) is 6.07 Å². The number of rotatable bonds is 3. The molecular formula is C13H18N4O3. The van der Waals surface area contributed by atoms with Crippen LogP contribution in [0.15, 0.2) is 18.2 Å². The number of hydrogen-bond donors (Lipinski definition) is 2. The van der Waals surface area contributed by atoms with Crippen LogP contribution in [0, 0.1) is 10.1 Å². The van der Waals surface area contributed by atoms with Gasteiger partial charge in [-0.2, -0.15) is 0 Å². The van der Waals surface area contributed by atoms with E-state index in [1.807, 2.05) is 0 Å². The number of nitro benzene ring substituents is 1. The second kappa shape index (κ2) is 5.77. The fourth-order valence-corrected chi connectivity index (χ4v) is 2.48. The van der Waals surface area contributed by atoms with Gasteiger partial charge < -0.3 is 16.0 Å². The summed E-state index contributed by atoms with van der Waals surface area (Å²) in [7, 11) is 0. The largest absolute Gasteiger partial charge is 0.398 e. The summed E-state index contributed by atoms with van der Waals surface area (Å²) < 4.78 is 0. The molecule has 1 aromatic carbocycles. The lowest BCUT2D eigenvalue weighted by Crippen LogP contribution is -2.44. The summed E-state index contributed by atoms with van der Waals surface area (Å²) in [6, 6.07) is 4.81. The lowest BCUT2D eigenvalue weighted by atomic mass is 10.0. The van der Waals surface area contributed by atoms with Crippen LogP contribution in [0.5, 0.6) is 0 Å². The fraction of sp³-hybridized carbons (Fsp3) is 0.462. The number of carbonyl (C=O) groups excluding carboxylic acids is 1. The normalized spacial score (nSPS) is 15.9. The molecule has 3 N–H and O–H groups in total. The van der Waals surface area contributed by atoms with Gasteiger partial charge in [-0.15, -0.1) is 0 Å². The molecule has 2 rings (SSSR count). The molecule has 108 valence electrons. The molecule has 0 aromatic heterocycles. The number of nitrogens with one attached hydrogen (secondary N) is 1. The highest BCUT2D eigenvalue weighted by Crippen LogP contribution is 2.27. The van der Waals surface area contributed by atoms with E-state index in [9.17, 15) is 14.9 Å². The van der Waals surface area contributed by atoms with E-state index < -0.39 is 4.92 Å². The summed E-state index contributed by atoms with van der Waals surface area (Å²) in [5.41, 5.74) is 6.86. The minimum absolute atomic E-state index is 0.00369. The standard InChI is InChI=1S/C13H18N4O3/c1-9(18)15-11-2-4-16(5-3-11)12-6-10(14)7-13(8-12)17(19)20/h6-8,11H,2-5,14H2,1H3,(H,15,18). The molecule has 0 saturated carbocycles. The van der Waals surface area contributed by atoms with Crippen molar-refractivity contribution < 1.29 is 9.72 Å². The van der Waals surface area contributed by atoms with Crippen molar-refractivity contribution >= 4 is 23.0 Å². The molecule has 0 radical (unpaired) electrons. The van der Waals surface area contributed by atoms with Crippen molar-refractivity contribution in [3.63, 3.8) is 0 Å². The molecule has 1 saturated heterocycles. The summed E-state index contributed by atoms with van der Waals surface area (Å²) in [6.07, 6.45) is 1.64. The fourth-order valence-electron chi connectivity index (χ4n) is 2.48. The Morgan fingerprint density at radius 3 is 2.60 bits per heavy atom. The van der Waals surface area contributed by atoms with Crippen molar-refractivity contribution in [2.24, 2.45) is 0 Å². The number of non-ortho nitro benzene ring substituents is 1. The van der Waals surface area contributed by atoms with Crippen molar-refractivity contribution in [3.05, 3.63) is 28.3 Å². The van der Waals surface area contributed by atoms with Crippen LogP contribution in [-0.4, -0.2) is 30.0 Å². The van der Waals surface area contributed by atoms with Gasteiger partial charge >= 0.3 is 0 Å². The van der Waals surface area contributed by atoms with Gasteiger partial charge in [-0.1, -0.05) is 0 Å². The number of nitro groups is 1. The quantitative estimate of drug-likeness (QED) is 0.492. The Balaban J connectivity index is 2.07. The predicted octanol–water partition coefficient (Wildman–Crippen LogP) is 1.28. The van der Waals surface area contributed by atoms with E-state index in [-0.39, 0.29) is 17.6 Å². The monoisotopic (exact) mass is 278 g/mol. The smallest absolute Gasteiger partial charge is 0.273 e. The number of nitrogens with two attached hydrogens (primary N) is 1. The Morgan fingerprint density at radius 1 is 1.40 bits per heavy atom. The first-order chi connectivity index (χ1) is 9.45. The Hall–Kier alpha value is -2.31. The van der Waals surface area contributed by atoms with Crippen molar-refractivity contribution in [3.8, 4) is 0 Å². The van der Waals surface area contributed by atoms with Crippen LogP contribution in [0.25, 0.3) is 0 Å². The molecule has 0 bridgehead atoms. The third-order valence-electron chi connectivity index (χ3n) is 3.40. The van der Waals surface area contributed by atoms with E-state index >= 15 is 0 Å². The number of nitrogens with zero attached hydrogens (tertiary/aromatic N) is 2. The third kappa shape index (κ3) is 3.37. The second-order valence-corrected chi connectivity index (χ2v) is 5.00. The number of anilines is 2. The first kappa shape index (κ1) is 14.1. The summed E-state index contributed by atoms with van der Waals surface area (Å²) in [5, 5.41) is 13.7. The summed E-state index contributed by atoms with van der Waals surface area (Å²) >= 11 is 0. The molecule has 1 amide bonds. The second-order valence-electron chi connectivity index (χ2n) is 5.00. The summed E-state index contributed by atoms with van der Waals surface area (Å²) in [4.78, 5) is 23.5. The minimum atomic E-state index is -0.441. The number of benzene rings is 1. The summed E-state index contributed by atoms with van der Waals surface area (Å²) in [5.74, 6) is -0.0250. The van der Waals surface area contributed by atoms with Crippen LogP contribution < -0.4 is 16.0 Å². The lowest BCUT2D eigenvalue weighted by Gasteiger charge is -2.33. The molecule has 0 spiro atoms. The van der Waals surface area contributed by atoms with Gasteiger partial charge in [-0.25, -0.2) is 0 Å². The van der Waals surface area contributed by atoms with E-state index in [2.05, 4.69) is 10.2 Å². The van der Waals surface area contributed by atoms with E-state index in [1.165, 1.54) is 19.1 Å². The zero-order chi connectivity index (χ0) is 14.7. The Labute approximate surface area is 116 Å². The van der Waals surface area contributed by atoms with Crippen LogP contribution in [-0.2, 0) is 4.79 Å². The first-order valence-corrected chi connectivity index (χ1v) is 6.52. The highest BCUT2D eigenvalue weighted by molar-refractivity contribution is 5.73. The highest BCUT2D eigenvalue weighted by atomic mass is 16.6. The van der Waals surface area contributed by atoms with Crippen LogP contribution in [0.3, 0.4) is 0 Å². The van der Waals surface area contributed by atoms with Gasteiger partial charge in [0, 0.05) is 49.6 Å². The highest BCUT2D eigenvalue weighted by Gasteiger charge is 2.21. The van der Waals surface area contributed by atoms with E-state index in [0.717, 1.165) is 31.6 Å². The Morgan fingerprint density at radius 2 is 2.05 bits per heavy atom. The predicted molar refractivity (Wildman–Crippen MR) is 76.6 cm³/mol. The number of hydrogen-bond acceptors (Lipinski definition) is 5. The maximum atomic E-state index is 11.0. The molecule has 7 nitrogen and oxygen atoms in total. The molecule has 1 fully saturated rings. The number of piperidine rings is 1. The Kier molecular flexibility index (Phi) is 4.07.